The Hall–Kier alpha value is -2.43. The summed E-state index contributed by atoms with van der Waals surface area (Å²) in [7, 11) is 3.36. The molecule has 0 spiro atoms. The Balaban J connectivity index is 2.66. The Morgan fingerprint density at radius 3 is 2.62 bits per heavy atom. The molecular weight excluding hydrogens is 332 g/mol. The van der Waals surface area contributed by atoms with Gasteiger partial charge in [0.25, 0.3) is 0 Å². The summed E-state index contributed by atoms with van der Waals surface area (Å²) >= 11 is 0. The number of rotatable bonds is 11. The minimum absolute atomic E-state index is 0.126. The van der Waals surface area contributed by atoms with E-state index in [1.807, 2.05) is 30.3 Å². The number of nitrogens with zero attached hydrogens (tertiary/aromatic N) is 3. The third kappa shape index (κ3) is 7.21. The second kappa shape index (κ2) is 12.0. The first-order valence-corrected chi connectivity index (χ1v) is 8.70. The Morgan fingerprint density at radius 2 is 2.00 bits per heavy atom. The topological polar surface area (TPSA) is 85.7 Å². The predicted molar refractivity (Wildman–Crippen MR) is 101 cm³/mol. The zero-order valence-electron chi connectivity index (χ0n) is 15.8. The van der Waals surface area contributed by atoms with Crippen LogP contribution in [0.2, 0.25) is 0 Å². The first-order valence-electron chi connectivity index (χ1n) is 8.70. The number of ether oxygens (including phenoxy) is 1. The number of para-hydroxylation sites is 1. The molecule has 0 aliphatic heterocycles. The van der Waals surface area contributed by atoms with Gasteiger partial charge < -0.3 is 15.0 Å². The Bertz CT molecular complexity index is 601. The molecule has 1 atom stereocenters. The smallest absolute Gasteiger partial charge is 0.244 e. The van der Waals surface area contributed by atoms with E-state index in [0.717, 1.165) is 12.1 Å². The highest BCUT2D eigenvalue weighted by Crippen LogP contribution is 2.16. The fraction of sp³-hybridized carbons (Fsp3) is 0.526. The van der Waals surface area contributed by atoms with Crippen LogP contribution in [0.25, 0.3) is 0 Å². The number of likely N-dealkylation sites (N-methyl/N-ethyl adjacent to an activating group) is 1. The van der Waals surface area contributed by atoms with E-state index in [-0.39, 0.29) is 24.8 Å². The van der Waals surface area contributed by atoms with Crippen LogP contribution < -0.4 is 10.2 Å². The summed E-state index contributed by atoms with van der Waals surface area (Å²) in [4.78, 5) is 28.2. The average molecular weight is 360 g/mol. The number of carbonyl (C=O) groups is 2. The largest absolute Gasteiger partial charge is 0.385 e. The molecule has 1 aromatic carbocycles. The Kier molecular flexibility index (Phi) is 9.98. The van der Waals surface area contributed by atoms with E-state index >= 15 is 0 Å². The minimum atomic E-state index is -0.487. The van der Waals surface area contributed by atoms with Gasteiger partial charge in [-0.3, -0.25) is 14.5 Å². The molecule has 2 amide bonds. The first-order chi connectivity index (χ1) is 12.5. The number of benzene rings is 1. The van der Waals surface area contributed by atoms with E-state index in [9.17, 15) is 9.59 Å². The molecular formula is C19H28N4O3. The second-order valence-corrected chi connectivity index (χ2v) is 6.02. The molecule has 26 heavy (non-hydrogen) atoms. The lowest BCUT2D eigenvalue weighted by atomic mass is 10.2. The van der Waals surface area contributed by atoms with Crippen LogP contribution in [0.15, 0.2) is 30.3 Å². The third-order valence-electron chi connectivity index (χ3n) is 4.04. The van der Waals surface area contributed by atoms with Crippen LogP contribution in [0, 0.1) is 11.3 Å². The Labute approximate surface area is 155 Å². The quantitative estimate of drug-likeness (QED) is 0.603. The molecule has 1 aromatic rings. The summed E-state index contributed by atoms with van der Waals surface area (Å²) in [6, 6.07) is 10.8. The highest BCUT2D eigenvalue weighted by Gasteiger charge is 2.25. The molecule has 0 saturated carbocycles. The molecule has 1 rings (SSSR count). The number of nitriles is 1. The van der Waals surface area contributed by atoms with Gasteiger partial charge >= 0.3 is 0 Å². The average Bonchev–Trinajstić information content (AvgIpc) is 2.65. The maximum Gasteiger partial charge on any atom is 0.244 e. The molecule has 7 nitrogen and oxygen atoms in total. The summed E-state index contributed by atoms with van der Waals surface area (Å²) in [5.74, 6) is -0.271. The van der Waals surface area contributed by atoms with Crippen molar-refractivity contribution in [2.75, 3.05) is 45.3 Å². The van der Waals surface area contributed by atoms with Crippen molar-refractivity contribution in [3.05, 3.63) is 30.3 Å². The molecule has 1 unspecified atom stereocenters. The number of hydrogen-bond donors (Lipinski definition) is 1. The van der Waals surface area contributed by atoms with Crippen molar-refractivity contribution in [2.45, 2.75) is 25.8 Å². The van der Waals surface area contributed by atoms with E-state index in [0.29, 0.717) is 19.7 Å². The molecule has 0 saturated heterocycles. The summed E-state index contributed by atoms with van der Waals surface area (Å²) in [5, 5.41) is 11.7. The maximum atomic E-state index is 12.9. The summed E-state index contributed by atoms with van der Waals surface area (Å²) in [6.45, 7) is 3.35. The van der Waals surface area contributed by atoms with Crippen LogP contribution >= 0.6 is 0 Å². The van der Waals surface area contributed by atoms with Gasteiger partial charge in [-0.2, -0.15) is 5.26 Å². The molecule has 0 radical (unpaired) electrons. The van der Waals surface area contributed by atoms with E-state index < -0.39 is 6.04 Å². The maximum absolute atomic E-state index is 12.9. The lowest BCUT2D eigenvalue weighted by molar-refractivity contribution is -0.126. The van der Waals surface area contributed by atoms with Gasteiger partial charge in [-0.05, 0) is 32.5 Å². The fourth-order valence-corrected chi connectivity index (χ4v) is 2.41. The van der Waals surface area contributed by atoms with E-state index in [4.69, 9.17) is 10.00 Å². The Morgan fingerprint density at radius 1 is 1.31 bits per heavy atom. The van der Waals surface area contributed by atoms with Crippen molar-refractivity contribution in [1.82, 2.24) is 10.2 Å². The number of nitrogens with one attached hydrogen (secondary N) is 1. The molecule has 0 fully saturated rings. The number of anilines is 1. The lowest BCUT2D eigenvalue weighted by Crippen LogP contribution is -2.49. The molecule has 0 aromatic heterocycles. The van der Waals surface area contributed by atoms with Crippen LogP contribution in [0.3, 0.4) is 0 Å². The second-order valence-electron chi connectivity index (χ2n) is 6.02. The van der Waals surface area contributed by atoms with Gasteiger partial charge in [-0.15, -0.1) is 0 Å². The van der Waals surface area contributed by atoms with Crippen molar-refractivity contribution in [2.24, 2.45) is 0 Å². The molecule has 0 aliphatic carbocycles. The SMILES string of the molecule is COCCCNC(=O)CN(C)C(C)C(=O)N(CCC#N)c1ccccc1. The standard InChI is InChI=1S/C19H28N4O3/c1-16(22(2)15-18(24)21-12-8-14-26-3)19(25)23(13-7-11-20)17-9-5-4-6-10-17/h4-6,9-10,16H,7-8,12-15H2,1-3H3,(H,21,24). The molecule has 0 heterocycles. The van der Waals surface area contributed by atoms with Gasteiger partial charge in [0.1, 0.15) is 0 Å². The highest BCUT2D eigenvalue weighted by atomic mass is 16.5. The minimum Gasteiger partial charge on any atom is -0.385 e. The summed E-state index contributed by atoms with van der Waals surface area (Å²) in [6.07, 6.45) is 0.993. The highest BCUT2D eigenvalue weighted by molar-refractivity contribution is 5.97. The summed E-state index contributed by atoms with van der Waals surface area (Å²) in [5.41, 5.74) is 0.747. The van der Waals surface area contributed by atoms with E-state index in [1.165, 1.54) is 0 Å². The van der Waals surface area contributed by atoms with Crippen molar-refractivity contribution < 1.29 is 14.3 Å². The third-order valence-corrected chi connectivity index (χ3v) is 4.04. The molecule has 7 heteroatoms. The van der Waals surface area contributed by atoms with Crippen molar-refractivity contribution in [1.29, 1.82) is 5.26 Å². The number of hydrogen-bond acceptors (Lipinski definition) is 5. The van der Waals surface area contributed by atoms with Gasteiger partial charge in [-0.1, -0.05) is 18.2 Å². The van der Waals surface area contributed by atoms with Crippen LogP contribution in [-0.2, 0) is 14.3 Å². The predicted octanol–water partition coefficient (Wildman–Crippen LogP) is 1.41. The van der Waals surface area contributed by atoms with Crippen LogP contribution in [-0.4, -0.2) is 63.2 Å². The fourth-order valence-electron chi connectivity index (χ4n) is 2.41. The zero-order chi connectivity index (χ0) is 19.4. The van der Waals surface area contributed by atoms with Crippen molar-refractivity contribution >= 4 is 17.5 Å². The van der Waals surface area contributed by atoms with Gasteiger partial charge in [0.2, 0.25) is 11.8 Å². The van der Waals surface area contributed by atoms with Gasteiger partial charge in [0.15, 0.2) is 0 Å². The van der Waals surface area contributed by atoms with Crippen molar-refractivity contribution in [3.8, 4) is 6.07 Å². The zero-order valence-corrected chi connectivity index (χ0v) is 15.8. The van der Waals surface area contributed by atoms with Gasteiger partial charge in [0, 0.05) is 32.5 Å². The molecule has 142 valence electrons. The monoisotopic (exact) mass is 360 g/mol. The lowest BCUT2D eigenvalue weighted by Gasteiger charge is -2.30. The van der Waals surface area contributed by atoms with Crippen LogP contribution in [0.4, 0.5) is 5.69 Å². The molecule has 0 aliphatic rings. The number of carbonyl (C=O) groups excluding carboxylic acids is 2. The van der Waals surface area contributed by atoms with Gasteiger partial charge in [0.05, 0.1) is 25.1 Å². The van der Waals surface area contributed by atoms with E-state index in [2.05, 4.69) is 11.4 Å². The van der Waals surface area contributed by atoms with Crippen LogP contribution in [0.5, 0.6) is 0 Å². The van der Waals surface area contributed by atoms with Crippen molar-refractivity contribution in [3.63, 3.8) is 0 Å². The van der Waals surface area contributed by atoms with Gasteiger partial charge in [-0.25, -0.2) is 0 Å². The van der Waals surface area contributed by atoms with E-state index in [1.54, 1.807) is 30.9 Å². The summed E-state index contributed by atoms with van der Waals surface area (Å²) < 4.78 is 4.94. The number of methoxy groups -OCH3 is 1. The normalized spacial score (nSPS) is 11.7. The molecule has 1 N–H and O–H groups in total. The molecule has 0 bridgehead atoms. The van der Waals surface area contributed by atoms with Crippen LogP contribution in [0.1, 0.15) is 19.8 Å². The number of amides is 2. The first kappa shape index (κ1) is 21.6.